The first-order valence-corrected chi connectivity index (χ1v) is 8.73. The second kappa shape index (κ2) is 21.5. The Hall–Kier alpha value is -0.770. The Labute approximate surface area is 132 Å². The van der Waals surface area contributed by atoms with Crippen LogP contribution in [0.2, 0.25) is 0 Å². The van der Waals surface area contributed by atoms with Gasteiger partial charge in [-0.1, -0.05) is 53.4 Å². The number of carbonyl (C=O) groups excluding carboxylic acids is 1. The Bertz CT molecular complexity index is 180. The van der Waals surface area contributed by atoms with E-state index in [0.29, 0.717) is 13.2 Å². The molecular weight excluding hydrogens is 266 g/mol. The van der Waals surface area contributed by atoms with Gasteiger partial charge in [0.2, 0.25) is 0 Å². The average Bonchev–Trinajstić information content (AvgIpc) is 2.48. The van der Waals surface area contributed by atoms with Gasteiger partial charge >= 0.3 is 6.16 Å². The van der Waals surface area contributed by atoms with Crippen molar-refractivity contribution in [2.45, 2.75) is 79.1 Å². The Morgan fingerprint density at radius 3 is 1.43 bits per heavy atom. The van der Waals surface area contributed by atoms with Crippen LogP contribution in [0.4, 0.5) is 4.79 Å². The first-order valence-electron chi connectivity index (χ1n) is 8.73. The van der Waals surface area contributed by atoms with E-state index >= 15 is 0 Å². The van der Waals surface area contributed by atoms with Gasteiger partial charge in [0.25, 0.3) is 0 Å². The molecule has 0 atom stereocenters. The van der Waals surface area contributed by atoms with Crippen LogP contribution in [-0.2, 0) is 9.47 Å². The van der Waals surface area contributed by atoms with E-state index < -0.39 is 6.16 Å². The molecule has 1 N–H and O–H groups in total. The molecule has 0 rings (SSSR count). The lowest BCUT2D eigenvalue weighted by molar-refractivity contribution is 0.0536. The normalized spacial score (nSPS) is 9.71. The van der Waals surface area contributed by atoms with Crippen LogP contribution in [-0.4, -0.2) is 32.5 Å². The van der Waals surface area contributed by atoms with E-state index in [0.717, 1.165) is 25.7 Å². The largest absolute Gasteiger partial charge is 0.508 e. The van der Waals surface area contributed by atoms with Crippen LogP contribution in [0, 0.1) is 0 Å². The Kier molecular flexibility index (Phi) is 23.1. The van der Waals surface area contributed by atoms with Crippen molar-refractivity contribution in [1.82, 2.24) is 5.32 Å². The molecule has 0 aromatic heterocycles. The number of ether oxygens (including phenoxy) is 2. The smallest absolute Gasteiger partial charge is 0.434 e. The zero-order valence-electron chi connectivity index (χ0n) is 14.7. The molecule has 0 saturated carbocycles. The van der Waals surface area contributed by atoms with Crippen molar-refractivity contribution < 1.29 is 14.3 Å². The highest BCUT2D eigenvalue weighted by molar-refractivity contribution is 5.59. The summed E-state index contributed by atoms with van der Waals surface area (Å²) in [5, 5.41) is 3.39. The van der Waals surface area contributed by atoms with Crippen molar-refractivity contribution in [3.63, 3.8) is 0 Å². The quantitative estimate of drug-likeness (QED) is 0.411. The lowest BCUT2D eigenvalue weighted by atomic mass is 10.3. The van der Waals surface area contributed by atoms with Gasteiger partial charge < -0.3 is 14.8 Å². The van der Waals surface area contributed by atoms with Gasteiger partial charge in [0.1, 0.15) is 0 Å². The number of hydrogen-bond acceptors (Lipinski definition) is 4. The molecule has 0 radical (unpaired) electrons. The Balaban J connectivity index is 0. The first-order chi connectivity index (χ1) is 10.2. The number of hydrogen-bond donors (Lipinski definition) is 1. The summed E-state index contributed by atoms with van der Waals surface area (Å²) in [6.07, 6.45) is 8.60. The molecule has 4 heteroatoms. The summed E-state index contributed by atoms with van der Waals surface area (Å²) in [6.45, 7) is 11.9. The van der Waals surface area contributed by atoms with Crippen LogP contribution in [0.1, 0.15) is 79.1 Å². The number of carbonyl (C=O) groups is 1. The summed E-state index contributed by atoms with van der Waals surface area (Å²) >= 11 is 0. The molecule has 0 aliphatic rings. The molecule has 0 amide bonds. The fraction of sp³-hybridized carbons (Fsp3) is 0.941. The van der Waals surface area contributed by atoms with Crippen LogP contribution < -0.4 is 5.32 Å². The van der Waals surface area contributed by atoms with E-state index in [2.05, 4.69) is 19.2 Å². The molecule has 0 spiro atoms. The Morgan fingerprint density at radius 2 is 1.10 bits per heavy atom. The van der Waals surface area contributed by atoms with Gasteiger partial charge in [0.15, 0.2) is 0 Å². The zero-order valence-corrected chi connectivity index (χ0v) is 14.7. The molecule has 0 heterocycles. The fourth-order valence-corrected chi connectivity index (χ4v) is 1.37. The summed E-state index contributed by atoms with van der Waals surface area (Å²) in [4.78, 5) is 10.7. The topological polar surface area (TPSA) is 47.6 Å². The first kappa shape index (κ1) is 22.5. The lowest BCUT2D eigenvalue weighted by Crippen LogP contribution is -2.15. The van der Waals surface area contributed by atoms with Crippen LogP contribution in [0.15, 0.2) is 0 Å². The van der Waals surface area contributed by atoms with Gasteiger partial charge in [0, 0.05) is 0 Å². The molecule has 0 aliphatic carbocycles. The Morgan fingerprint density at radius 1 is 0.714 bits per heavy atom. The second-order valence-electron chi connectivity index (χ2n) is 5.11. The second-order valence-corrected chi connectivity index (χ2v) is 5.11. The minimum atomic E-state index is -0.531. The van der Waals surface area contributed by atoms with Crippen molar-refractivity contribution in [2.24, 2.45) is 0 Å². The summed E-state index contributed by atoms with van der Waals surface area (Å²) in [6, 6.07) is 0. The van der Waals surface area contributed by atoms with E-state index in [9.17, 15) is 4.79 Å². The SMILES string of the molecule is CCCCNCCCC.CCCCOC(=O)OCCCC. The maximum absolute atomic E-state index is 10.7. The van der Waals surface area contributed by atoms with Gasteiger partial charge in [0.05, 0.1) is 13.2 Å². The van der Waals surface area contributed by atoms with Gasteiger partial charge in [-0.25, -0.2) is 4.79 Å². The van der Waals surface area contributed by atoms with Gasteiger partial charge in [-0.05, 0) is 38.8 Å². The van der Waals surface area contributed by atoms with Crippen LogP contribution in [0.25, 0.3) is 0 Å². The summed E-state index contributed by atoms with van der Waals surface area (Å²) in [7, 11) is 0. The molecule has 0 aromatic carbocycles. The molecule has 128 valence electrons. The number of nitrogens with one attached hydrogen (secondary N) is 1. The number of unbranched alkanes of at least 4 members (excludes halogenated alkanes) is 4. The number of rotatable bonds is 12. The molecule has 0 aliphatic heterocycles. The van der Waals surface area contributed by atoms with Crippen molar-refractivity contribution in [2.75, 3.05) is 26.3 Å². The molecule has 4 nitrogen and oxygen atoms in total. The van der Waals surface area contributed by atoms with Gasteiger partial charge in [-0.3, -0.25) is 0 Å². The van der Waals surface area contributed by atoms with Crippen LogP contribution in [0.5, 0.6) is 0 Å². The highest BCUT2D eigenvalue weighted by atomic mass is 16.7. The highest BCUT2D eigenvalue weighted by Gasteiger charge is 2.00. The van der Waals surface area contributed by atoms with Gasteiger partial charge in [-0.15, -0.1) is 0 Å². The molecule has 21 heavy (non-hydrogen) atoms. The van der Waals surface area contributed by atoms with Crippen molar-refractivity contribution in [3.05, 3.63) is 0 Å². The van der Waals surface area contributed by atoms with E-state index in [4.69, 9.17) is 9.47 Å². The average molecular weight is 303 g/mol. The molecular formula is C17H37NO3. The van der Waals surface area contributed by atoms with E-state index in [-0.39, 0.29) is 0 Å². The molecule has 0 fully saturated rings. The summed E-state index contributed by atoms with van der Waals surface area (Å²) in [5.74, 6) is 0. The lowest BCUT2D eigenvalue weighted by Gasteiger charge is -2.04. The fourth-order valence-electron chi connectivity index (χ4n) is 1.37. The van der Waals surface area contributed by atoms with Crippen LogP contribution in [0.3, 0.4) is 0 Å². The summed E-state index contributed by atoms with van der Waals surface area (Å²) in [5.41, 5.74) is 0. The zero-order chi connectivity index (χ0) is 16.2. The monoisotopic (exact) mass is 303 g/mol. The predicted molar refractivity (Wildman–Crippen MR) is 89.8 cm³/mol. The van der Waals surface area contributed by atoms with Crippen molar-refractivity contribution >= 4 is 6.16 Å². The minimum absolute atomic E-state index is 0.474. The van der Waals surface area contributed by atoms with E-state index in [1.807, 2.05) is 13.8 Å². The standard InChI is InChI=1S/C9H18O3.C8H19N/c1-3-5-7-11-9(10)12-8-6-4-2;1-3-5-7-9-8-6-4-2/h3-8H2,1-2H3;9H,3-8H2,1-2H3. The van der Waals surface area contributed by atoms with Crippen molar-refractivity contribution in [1.29, 1.82) is 0 Å². The highest BCUT2D eigenvalue weighted by Crippen LogP contribution is 1.94. The molecule has 0 aromatic rings. The van der Waals surface area contributed by atoms with Crippen molar-refractivity contribution in [3.8, 4) is 0 Å². The van der Waals surface area contributed by atoms with E-state index in [1.165, 1.54) is 38.8 Å². The maximum Gasteiger partial charge on any atom is 0.508 e. The summed E-state index contributed by atoms with van der Waals surface area (Å²) < 4.78 is 9.54. The predicted octanol–water partition coefficient (Wildman–Crippen LogP) is 4.92. The third-order valence-corrected chi connectivity index (χ3v) is 2.85. The van der Waals surface area contributed by atoms with Gasteiger partial charge in [-0.2, -0.15) is 0 Å². The third-order valence-electron chi connectivity index (χ3n) is 2.85. The maximum atomic E-state index is 10.7. The molecule has 0 unspecified atom stereocenters. The molecule has 0 saturated heterocycles. The van der Waals surface area contributed by atoms with Crippen LogP contribution >= 0.6 is 0 Å². The minimum Gasteiger partial charge on any atom is -0.434 e. The van der Waals surface area contributed by atoms with E-state index in [1.54, 1.807) is 0 Å². The molecule has 0 bridgehead atoms. The third kappa shape index (κ3) is 24.6.